The van der Waals surface area contributed by atoms with Gasteiger partial charge >= 0.3 is 0 Å². The number of methoxy groups -OCH3 is 1. The summed E-state index contributed by atoms with van der Waals surface area (Å²) in [7, 11) is 1.79. The van der Waals surface area contributed by atoms with Crippen molar-refractivity contribution in [3.8, 4) is 11.4 Å². The van der Waals surface area contributed by atoms with Gasteiger partial charge in [0, 0.05) is 12.3 Å². The molecule has 2 saturated carbocycles. The van der Waals surface area contributed by atoms with Crippen molar-refractivity contribution in [3.63, 3.8) is 0 Å². The van der Waals surface area contributed by atoms with Gasteiger partial charge in [0.1, 0.15) is 11.9 Å². The number of fused-ring (bicyclic) bond motifs is 1. The standard InChI is InChI=1S/C26H37N2O.BrH/c1-29-24-11-6-5-10-22(24)28-20-23(27-19-9-2-4-12-25(27)28)21-13-17-26(18-14-21)15-7-3-8-16-26;/h5-6,10-11,20-21H,2-4,7-9,12-19H2,1H3;1H/q+1;/p-1. The highest BCUT2D eigenvalue weighted by Crippen LogP contribution is 2.51. The van der Waals surface area contributed by atoms with Gasteiger partial charge in [0.15, 0.2) is 11.4 Å². The minimum atomic E-state index is 0. The Morgan fingerprint density at radius 3 is 2.43 bits per heavy atom. The molecular formula is C26H37BrN2O. The first-order chi connectivity index (χ1) is 14.3. The van der Waals surface area contributed by atoms with Crippen LogP contribution in [0.4, 0.5) is 0 Å². The fourth-order valence-corrected chi connectivity index (χ4v) is 6.49. The Labute approximate surface area is 192 Å². The second kappa shape index (κ2) is 9.46. The minimum absolute atomic E-state index is 0. The van der Waals surface area contributed by atoms with Crippen molar-refractivity contribution in [2.45, 2.75) is 95.9 Å². The van der Waals surface area contributed by atoms with Gasteiger partial charge in [0.25, 0.3) is 5.82 Å². The molecule has 2 aromatic rings. The molecule has 0 amide bonds. The maximum absolute atomic E-state index is 5.72. The third-order valence-electron chi connectivity index (χ3n) is 8.17. The first-order valence-electron chi connectivity index (χ1n) is 12.1. The van der Waals surface area contributed by atoms with Crippen LogP contribution >= 0.6 is 0 Å². The fraction of sp³-hybridized carbons (Fsp3) is 0.654. The van der Waals surface area contributed by atoms with Crippen LogP contribution < -0.4 is 26.3 Å². The number of ether oxygens (including phenoxy) is 1. The monoisotopic (exact) mass is 472 g/mol. The topological polar surface area (TPSA) is 18.0 Å². The molecule has 3 nitrogen and oxygen atoms in total. The van der Waals surface area contributed by atoms with Crippen LogP contribution in [0.5, 0.6) is 5.75 Å². The van der Waals surface area contributed by atoms with E-state index in [0.717, 1.165) is 11.7 Å². The normalized spacial score (nSPS) is 21.5. The maximum Gasteiger partial charge on any atom is 0.261 e. The molecule has 0 radical (unpaired) electrons. The zero-order chi connectivity index (χ0) is 19.7. The van der Waals surface area contributed by atoms with Gasteiger partial charge in [-0.2, -0.15) is 4.57 Å². The molecule has 0 saturated heterocycles. The van der Waals surface area contributed by atoms with E-state index in [4.69, 9.17) is 4.74 Å². The number of benzene rings is 1. The molecule has 3 aliphatic rings. The van der Waals surface area contributed by atoms with Crippen LogP contribution in [-0.4, -0.2) is 11.7 Å². The highest BCUT2D eigenvalue weighted by Gasteiger charge is 2.39. The van der Waals surface area contributed by atoms with Crippen molar-refractivity contribution < 1.29 is 26.3 Å². The number of hydrogen-bond donors (Lipinski definition) is 0. The molecular weight excluding hydrogens is 436 g/mol. The van der Waals surface area contributed by atoms with Gasteiger partial charge in [-0.3, -0.25) is 0 Å². The Morgan fingerprint density at radius 1 is 0.933 bits per heavy atom. The predicted molar refractivity (Wildman–Crippen MR) is 117 cm³/mol. The van der Waals surface area contributed by atoms with Gasteiger partial charge in [0.05, 0.1) is 13.7 Å². The van der Waals surface area contributed by atoms with Crippen molar-refractivity contribution >= 4 is 0 Å². The van der Waals surface area contributed by atoms with Gasteiger partial charge in [0.2, 0.25) is 0 Å². The molecule has 0 bridgehead atoms. The van der Waals surface area contributed by atoms with Crippen LogP contribution in [0.15, 0.2) is 30.5 Å². The summed E-state index contributed by atoms with van der Waals surface area (Å²) in [4.78, 5) is 0. The van der Waals surface area contributed by atoms with Crippen LogP contribution in [0.2, 0.25) is 0 Å². The van der Waals surface area contributed by atoms with E-state index in [1.165, 1.54) is 102 Å². The van der Waals surface area contributed by atoms with Crippen LogP contribution in [-0.2, 0) is 13.0 Å². The Hall–Kier alpha value is -1.29. The molecule has 2 heterocycles. The van der Waals surface area contributed by atoms with Gasteiger partial charge < -0.3 is 21.7 Å². The Balaban J connectivity index is 0.00000218. The van der Waals surface area contributed by atoms with E-state index < -0.39 is 0 Å². The summed E-state index contributed by atoms with van der Waals surface area (Å²) in [6.45, 7) is 1.19. The molecule has 30 heavy (non-hydrogen) atoms. The van der Waals surface area contributed by atoms with E-state index in [1.807, 2.05) is 0 Å². The first kappa shape index (κ1) is 21.9. The highest BCUT2D eigenvalue weighted by molar-refractivity contribution is 5.40. The molecule has 1 aromatic heterocycles. The lowest BCUT2D eigenvalue weighted by Crippen LogP contribution is -3.00. The second-order valence-electron chi connectivity index (χ2n) is 9.81. The molecule has 2 fully saturated rings. The quantitative estimate of drug-likeness (QED) is 0.627. The molecule has 2 aliphatic carbocycles. The summed E-state index contributed by atoms with van der Waals surface area (Å²) in [5.41, 5.74) is 3.49. The largest absolute Gasteiger partial charge is 1.00 e. The average Bonchev–Trinajstić information content (AvgIpc) is 2.95. The Bertz CT molecular complexity index is 843. The third kappa shape index (κ3) is 4.09. The van der Waals surface area contributed by atoms with Crippen molar-refractivity contribution in [2.24, 2.45) is 5.41 Å². The number of halogens is 1. The SMILES string of the molecule is COc1ccccc1-[n+]1cc(C2CCC3(CCCCC3)CC2)n2c1CCCCC2.[Br-]. The van der Waals surface area contributed by atoms with E-state index in [0.29, 0.717) is 5.41 Å². The van der Waals surface area contributed by atoms with Gasteiger partial charge in [-0.05, 0) is 75.3 Å². The molecule has 1 spiro atoms. The summed E-state index contributed by atoms with van der Waals surface area (Å²) < 4.78 is 10.9. The molecule has 0 unspecified atom stereocenters. The molecule has 1 aliphatic heterocycles. The average molecular weight is 473 g/mol. The fourth-order valence-electron chi connectivity index (χ4n) is 6.49. The molecule has 164 valence electrons. The maximum atomic E-state index is 5.72. The zero-order valence-corrected chi connectivity index (χ0v) is 20.1. The number of para-hydroxylation sites is 2. The number of hydrogen-bond acceptors (Lipinski definition) is 1. The van der Waals surface area contributed by atoms with Crippen molar-refractivity contribution in [1.29, 1.82) is 0 Å². The van der Waals surface area contributed by atoms with Crippen molar-refractivity contribution in [2.75, 3.05) is 7.11 Å². The van der Waals surface area contributed by atoms with Gasteiger partial charge in [-0.15, -0.1) is 0 Å². The van der Waals surface area contributed by atoms with Gasteiger partial charge in [-0.1, -0.05) is 31.4 Å². The smallest absolute Gasteiger partial charge is 0.261 e. The lowest BCUT2D eigenvalue weighted by molar-refractivity contribution is -0.604. The molecule has 0 atom stereocenters. The summed E-state index contributed by atoms with van der Waals surface area (Å²) >= 11 is 0. The molecule has 0 N–H and O–H groups in total. The predicted octanol–water partition coefficient (Wildman–Crippen LogP) is 3.11. The van der Waals surface area contributed by atoms with Crippen LogP contribution in [0.3, 0.4) is 0 Å². The minimum Gasteiger partial charge on any atom is -1.00 e. The first-order valence-corrected chi connectivity index (χ1v) is 12.1. The third-order valence-corrected chi connectivity index (χ3v) is 8.17. The van der Waals surface area contributed by atoms with Crippen LogP contribution in [0, 0.1) is 5.41 Å². The Kier molecular flexibility index (Phi) is 6.91. The zero-order valence-electron chi connectivity index (χ0n) is 18.5. The van der Waals surface area contributed by atoms with Crippen LogP contribution in [0.1, 0.15) is 94.5 Å². The van der Waals surface area contributed by atoms with Crippen molar-refractivity contribution in [3.05, 3.63) is 42.0 Å². The number of aromatic nitrogens is 2. The molecule has 1 aromatic carbocycles. The molecule has 4 heteroatoms. The number of nitrogens with zero attached hydrogens (tertiary/aromatic N) is 2. The van der Waals surface area contributed by atoms with E-state index in [9.17, 15) is 0 Å². The number of rotatable bonds is 3. The van der Waals surface area contributed by atoms with E-state index >= 15 is 0 Å². The van der Waals surface area contributed by atoms with Crippen LogP contribution in [0.25, 0.3) is 5.69 Å². The summed E-state index contributed by atoms with van der Waals surface area (Å²) in [5, 5.41) is 0. The Morgan fingerprint density at radius 2 is 1.67 bits per heavy atom. The number of imidazole rings is 1. The van der Waals surface area contributed by atoms with E-state index in [-0.39, 0.29) is 17.0 Å². The lowest BCUT2D eigenvalue weighted by Gasteiger charge is -2.42. The summed E-state index contributed by atoms with van der Waals surface area (Å²) in [6.07, 6.45) is 20.7. The van der Waals surface area contributed by atoms with Gasteiger partial charge in [-0.25, -0.2) is 4.57 Å². The van der Waals surface area contributed by atoms with E-state index in [2.05, 4.69) is 39.6 Å². The molecule has 5 rings (SSSR count). The second-order valence-corrected chi connectivity index (χ2v) is 9.81. The summed E-state index contributed by atoms with van der Waals surface area (Å²) in [5.74, 6) is 3.20. The highest BCUT2D eigenvalue weighted by atomic mass is 79.9. The summed E-state index contributed by atoms with van der Waals surface area (Å²) in [6, 6.07) is 8.52. The van der Waals surface area contributed by atoms with Crippen molar-refractivity contribution in [1.82, 2.24) is 4.57 Å². The van der Waals surface area contributed by atoms with E-state index in [1.54, 1.807) is 12.8 Å². The lowest BCUT2D eigenvalue weighted by atomic mass is 9.63.